The Kier molecular flexibility index (Phi) is 6.50. The lowest BCUT2D eigenvalue weighted by molar-refractivity contribution is 0.0145. The fraction of sp³-hybridized carbons (Fsp3) is 0.522. The molecule has 7 nitrogen and oxygen atoms in total. The summed E-state index contributed by atoms with van der Waals surface area (Å²) in [5.74, 6) is 0.302. The summed E-state index contributed by atoms with van der Waals surface area (Å²) < 4.78 is 40.3. The van der Waals surface area contributed by atoms with Gasteiger partial charge in [0.2, 0.25) is 5.88 Å². The van der Waals surface area contributed by atoms with Crippen molar-refractivity contribution in [2.75, 3.05) is 38.6 Å². The van der Waals surface area contributed by atoms with Crippen LogP contribution < -0.4 is 9.46 Å². The fourth-order valence-electron chi connectivity index (χ4n) is 4.32. The summed E-state index contributed by atoms with van der Waals surface area (Å²) in [6.45, 7) is 4.53. The number of benzene rings is 1. The molecule has 8 heteroatoms. The number of likely N-dealkylation sites (N-methyl/N-ethyl adjacent to an activating group) is 1. The molecule has 0 saturated carbocycles. The van der Waals surface area contributed by atoms with Crippen LogP contribution in [0.25, 0.3) is 0 Å². The lowest BCUT2D eigenvalue weighted by Gasteiger charge is -2.24. The SMILES string of the molecule is COc1nc2c(cc1NS(=O)(=O)c1ccc([C@H]3CCCCO3)c(C)c1)CCN(C)CC2. The van der Waals surface area contributed by atoms with Gasteiger partial charge in [0.25, 0.3) is 10.0 Å². The van der Waals surface area contributed by atoms with Crippen LogP contribution in [0.5, 0.6) is 5.88 Å². The van der Waals surface area contributed by atoms with Crippen LogP contribution in [-0.2, 0) is 27.6 Å². The van der Waals surface area contributed by atoms with E-state index in [4.69, 9.17) is 9.47 Å². The first kappa shape index (κ1) is 22.0. The average Bonchev–Trinajstić information content (AvgIpc) is 2.94. The van der Waals surface area contributed by atoms with Crippen molar-refractivity contribution in [2.24, 2.45) is 0 Å². The van der Waals surface area contributed by atoms with E-state index in [0.717, 1.165) is 74.2 Å². The van der Waals surface area contributed by atoms with E-state index >= 15 is 0 Å². The second-order valence-corrected chi connectivity index (χ2v) is 10.1. The molecule has 1 fully saturated rings. The van der Waals surface area contributed by atoms with Crippen molar-refractivity contribution < 1.29 is 17.9 Å². The molecule has 4 rings (SSSR count). The Morgan fingerprint density at radius 1 is 1.19 bits per heavy atom. The quantitative estimate of drug-likeness (QED) is 0.759. The molecule has 0 aliphatic carbocycles. The molecule has 0 unspecified atom stereocenters. The maximum Gasteiger partial charge on any atom is 0.262 e. The topological polar surface area (TPSA) is 80.8 Å². The van der Waals surface area contributed by atoms with Crippen LogP contribution in [0, 0.1) is 6.92 Å². The van der Waals surface area contributed by atoms with Crippen LogP contribution in [0.4, 0.5) is 5.69 Å². The Morgan fingerprint density at radius 2 is 2.00 bits per heavy atom. The van der Waals surface area contributed by atoms with Gasteiger partial charge < -0.3 is 14.4 Å². The summed E-state index contributed by atoms with van der Waals surface area (Å²) in [7, 11) is -0.191. The van der Waals surface area contributed by atoms with Crippen LogP contribution in [0.3, 0.4) is 0 Å². The minimum atomic E-state index is -3.78. The third-order valence-corrected chi connectivity index (χ3v) is 7.53. The summed E-state index contributed by atoms with van der Waals surface area (Å²) >= 11 is 0. The monoisotopic (exact) mass is 445 g/mol. The van der Waals surface area contributed by atoms with Crippen LogP contribution in [0.2, 0.25) is 0 Å². The maximum atomic E-state index is 13.2. The summed E-state index contributed by atoms with van der Waals surface area (Å²) in [4.78, 5) is 7.08. The minimum absolute atomic E-state index is 0.0467. The van der Waals surface area contributed by atoms with E-state index in [1.54, 1.807) is 12.1 Å². The van der Waals surface area contributed by atoms with Gasteiger partial charge in [0.1, 0.15) is 5.69 Å². The number of nitrogens with zero attached hydrogens (tertiary/aromatic N) is 2. The number of hydrogen-bond donors (Lipinski definition) is 1. The van der Waals surface area contributed by atoms with Gasteiger partial charge in [0, 0.05) is 31.8 Å². The standard InChI is InChI=1S/C23H31N3O4S/c1-16-14-18(7-8-19(16)22-6-4-5-13-30-22)31(27,28)25-21-15-17-9-11-26(2)12-10-20(17)24-23(21)29-3/h7-8,14-15,22,25H,4-6,9-13H2,1-3H3/t22-/m1/s1. The molecule has 1 aromatic carbocycles. The number of sulfonamides is 1. The summed E-state index contributed by atoms with van der Waals surface area (Å²) in [6.07, 6.45) is 4.88. The third kappa shape index (κ3) is 4.86. The maximum absolute atomic E-state index is 13.2. The van der Waals surface area contributed by atoms with E-state index in [1.165, 1.54) is 7.11 Å². The molecule has 1 aromatic heterocycles. The summed E-state index contributed by atoms with van der Waals surface area (Å²) in [5, 5.41) is 0. The van der Waals surface area contributed by atoms with Gasteiger partial charge in [-0.2, -0.15) is 0 Å². The molecule has 31 heavy (non-hydrogen) atoms. The summed E-state index contributed by atoms with van der Waals surface area (Å²) in [6, 6.07) is 7.12. The molecule has 1 atom stereocenters. The number of nitrogens with one attached hydrogen (secondary N) is 1. The van der Waals surface area contributed by atoms with E-state index < -0.39 is 10.0 Å². The molecule has 0 radical (unpaired) electrons. The van der Waals surface area contributed by atoms with Crippen molar-refractivity contribution in [3.63, 3.8) is 0 Å². The third-order valence-electron chi connectivity index (χ3n) is 6.17. The Hall–Kier alpha value is -2.16. The highest BCUT2D eigenvalue weighted by Gasteiger charge is 2.23. The number of hydrogen-bond acceptors (Lipinski definition) is 6. The van der Waals surface area contributed by atoms with E-state index in [0.29, 0.717) is 11.6 Å². The van der Waals surface area contributed by atoms with Crippen LogP contribution >= 0.6 is 0 Å². The van der Waals surface area contributed by atoms with Crippen molar-refractivity contribution in [1.82, 2.24) is 9.88 Å². The van der Waals surface area contributed by atoms with Gasteiger partial charge in [0.15, 0.2) is 0 Å². The highest BCUT2D eigenvalue weighted by Crippen LogP contribution is 2.33. The van der Waals surface area contributed by atoms with E-state index in [1.807, 2.05) is 19.1 Å². The Balaban J connectivity index is 1.61. The molecule has 2 aliphatic rings. The van der Waals surface area contributed by atoms with Gasteiger partial charge in [-0.1, -0.05) is 6.07 Å². The predicted molar refractivity (Wildman–Crippen MR) is 120 cm³/mol. The zero-order chi connectivity index (χ0) is 22.0. The van der Waals surface area contributed by atoms with Gasteiger partial charge in [-0.25, -0.2) is 13.4 Å². The van der Waals surface area contributed by atoms with Crippen LogP contribution in [-0.4, -0.2) is 52.2 Å². The second kappa shape index (κ2) is 9.14. The molecule has 3 heterocycles. The predicted octanol–water partition coefficient (Wildman–Crippen LogP) is 3.47. The summed E-state index contributed by atoms with van der Waals surface area (Å²) in [5.41, 5.74) is 4.39. The number of methoxy groups -OCH3 is 1. The number of anilines is 1. The molecule has 2 aromatic rings. The van der Waals surface area contributed by atoms with Crippen molar-refractivity contribution in [3.8, 4) is 5.88 Å². The number of rotatable bonds is 5. The number of pyridine rings is 1. The first-order chi connectivity index (χ1) is 14.9. The fourth-order valence-corrected chi connectivity index (χ4v) is 5.45. The normalized spacial score (nSPS) is 20.0. The van der Waals surface area contributed by atoms with Gasteiger partial charge in [-0.15, -0.1) is 0 Å². The first-order valence-electron chi connectivity index (χ1n) is 10.9. The van der Waals surface area contributed by atoms with E-state index in [2.05, 4.69) is 21.7 Å². The zero-order valence-electron chi connectivity index (χ0n) is 18.5. The van der Waals surface area contributed by atoms with Gasteiger partial charge in [0.05, 0.1) is 18.1 Å². The Labute approximate surface area is 184 Å². The molecule has 0 bridgehead atoms. The minimum Gasteiger partial charge on any atom is -0.479 e. The number of aryl methyl sites for hydroxylation is 1. The van der Waals surface area contributed by atoms with E-state index in [-0.39, 0.29) is 11.0 Å². The largest absolute Gasteiger partial charge is 0.479 e. The number of aromatic nitrogens is 1. The van der Waals surface area contributed by atoms with Crippen molar-refractivity contribution in [1.29, 1.82) is 0 Å². The Bertz CT molecular complexity index is 1050. The first-order valence-corrected chi connectivity index (χ1v) is 12.4. The Morgan fingerprint density at radius 3 is 2.71 bits per heavy atom. The van der Waals surface area contributed by atoms with Crippen LogP contribution in [0.1, 0.15) is 47.8 Å². The number of ether oxygens (including phenoxy) is 2. The molecule has 1 saturated heterocycles. The number of fused-ring (bicyclic) bond motifs is 1. The highest BCUT2D eigenvalue weighted by atomic mass is 32.2. The molecule has 2 aliphatic heterocycles. The average molecular weight is 446 g/mol. The molecule has 1 N–H and O–H groups in total. The van der Waals surface area contributed by atoms with Crippen molar-refractivity contribution in [2.45, 2.75) is 50.0 Å². The van der Waals surface area contributed by atoms with E-state index in [9.17, 15) is 8.42 Å². The zero-order valence-corrected chi connectivity index (χ0v) is 19.3. The van der Waals surface area contributed by atoms with Gasteiger partial charge >= 0.3 is 0 Å². The highest BCUT2D eigenvalue weighted by molar-refractivity contribution is 7.92. The van der Waals surface area contributed by atoms with Crippen molar-refractivity contribution in [3.05, 3.63) is 46.6 Å². The molecular formula is C23H31N3O4S. The van der Waals surface area contributed by atoms with Gasteiger partial charge in [-0.05, 0) is 74.5 Å². The second-order valence-electron chi connectivity index (χ2n) is 8.43. The molecule has 0 amide bonds. The smallest absolute Gasteiger partial charge is 0.262 e. The van der Waals surface area contributed by atoms with Gasteiger partial charge in [-0.3, -0.25) is 4.72 Å². The van der Waals surface area contributed by atoms with Crippen LogP contribution in [0.15, 0.2) is 29.2 Å². The lowest BCUT2D eigenvalue weighted by atomic mass is 9.97. The molecule has 168 valence electrons. The van der Waals surface area contributed by atoms with Crippen molar-refractivity contribution >= 4 is 15.7 Å². The molecule has 0 spiro atoms. The molecular weight excluding hydrogens is 414 g/mol. The lowest BCUT2D eigenvalue weighted by Crippen LogP contribution is -2.20.